The Balaban J connectivity index is 2.03. The van der Waals surface area contributed by atoms with Crippen LogP contribution in [0.1, 0.15) is 18.1 Å². The molecule has 1 unspecified atom stereocenters. The fourth-order valence-electron chi connectivity index (χ4n) is 1.79. The zero-order chi connectivity index (χ0) is 15.2. The number of rotatable bonds is 4. The Morgan fingerprint density at radius 1 is 1.19 bits per heavy atom. The Morgan fingerprint density at radius 2 is 1.86 bits per heavy atom. The van der Waals surface area contributed by atoms with Gasteiger partial charge in [-0.2, -0.15) is 5.26 Å². The first-order chi connectivity index (χ1) is 10.1. The zero-order valence-corrected chi connectivity index (χ0v) is 12.0. The van der Waals surface area contributed by atoms with Crippen LogP contribution >= 0.6 is 0 Å². The van der Waals surface area contributed by atoms with Crippen molar-refractivity contribution in [1.82, 2.24) is 0 Å². The molecule has 0 saturated carbocycles. The van der Waals surface area contributed by atoms with Gasteiger partial charge in [0, 0.05) is 5.69 Å². The lowest BCUT2D eigenvalue weighted by Crippen LogP contribution is -2.30. The highest BCUT2D eigenvalue weighted by Crippen LogP contribution is 2.18. The average molecular weight is 280 g/mol. The molecule has 0 fully saturated rings. The van der Waals surface area contributed by atoms with E-state index in [-0.39, 0.29) is 5.91 Å². The monoisotopic (exact) mass is 280 g/mol. The number of ether oxygens (including phenoxy) is 1. The highest BCUT2D eigenvalue weighted by molar-refractivity contribution is 5.94. The minimum absolute atomic E-state index is 0.258. The molecule has 21 heavy (non-hydrogen) atoms. The van der Waals surface area contributed by atoms with Gasteiger partial charge in [0.2, 0.25) is 0 Å². The summed E-state index contributed by atoms with van der Waals surface area (Å²) in [4.78, 5) is 12.1. The normalized spacial score (nSPS) is 11.3. The first kappa shape index (κ1) is 14.6. The van der Waals surface area contributed by atoms with Crippen LogP contribution in [-0.2, 0) is 4.79 Å². The molecular formula is C17H16N2O2. The number of hydrogen-bond donors (Lipinski definition) is 1. The second-order valence-corrected chi connectivity index (χ2v) is 4.72. The lowest BCUT2D eigenvalue weighted by Gasteiger charge is -2.15. The summed E-state index contributed by atoms with van der Waals surface area (Å²) in [6.07, 6.45) is -0.694. The molecular weight excluding hydrogens is 264 g/mol. The number of carbonyl (C=O) groups excluding carboxylic acids is 1. The fraction of sp³-hybridized carbons (Fsp3) is 0.176. The molecule has 0 aromatic heterocycles. The molecule has 0 heterocycles. The predicted molar refractivity (Wildman–Crippen MR) is 81.1 cm³/mol. The second kappa shape index (κ2) is 6.58. The average Bonchev–Trinajstić information content (AvgIpc) is 2.50. The van der Waals surface area contributed by atoms with Gasteiger partial charge in [-0.1, -0.05) is 29.8 Å². The van der Waals surface area contributed by atoms with Crippen molar-refractivity contribution in [3.63, 3.8) is 0 Å². The van der Waals surface area contributed by atoms with Gasteiger partial charge in [0.1, 0.15) is 11.8 Å². The summed E-state index contributed by atoms with van der Waals surface area (Å²) in [7, 11) is 0. The highest BCUT2D eigenvalue weighted by Gasteiger charge is 2.16. The predicted octanol–water partition coefficient (Wildman–Crippen LogP) is 3.27. The molecule has 2 aromatic carbocycles. The molecule has 0 aliphatic carbocycles. The molecule has 2 aromatic rings. The number of nitrogens with one attached hydrogen (secondary N) is 1. The summed E-state index contributed by atoms with van der Waals surface area (Å²) in [6.45, 7) is 3.63. The number of anilines is 1. The van der Waals surface area contributed by atoms with E-state index in [0.717, 1.165) is 11.3 Å². The minimum Gasteiger partial charge on any atom is -0.480 e. The van der Waals surface area contributed by atoms with E-state index in [1.807, 2.05) is 37.3 Å². The van der Waals surface area contributed by atoms with Gasteiger partial charge in [-0.05, 0) is 38.1 Å². The summed E-state index contributed by atoms with van der Waals surface area (Å²) in [5.41, 5.74) is 2.25. The van der Waals surface area contributed by atoms with Gasteiger partial charge in [0.15, 0.2) is 6.10 Å². The maximum Gasteiger partial charge on any atom is 0.265 e. The van der Waals surface area contributed by atoms with Crippen molar-refractivity contribution < 1.29 is 9.53 Å². The van der Waals surface area contributed by atoms with E-state index in [1.165, 1.54) is 0 Å². The number of amides is 1. The Kier molecular flexibility index (Phi) is 4.57. The first-order valence-corrected chi connectivity index (χ1v) is 6.63. The van der Waals surface area contributed by atoms with Crippen LogP contribution in [-0.4, -0.2) is 12.0 Å². The largest absolute Gasteiger partial charge is 0.480 e. The van der Waals surface area contributed by atoms with Crippen molar-refractivity contribution >= 4 is 11.6 Å². The van der Waals surface area contributed by atoms with Gasteiger partial charge in [-0.15, -0.1) is 0 Å². The molecule has 0 aliphatic rings. The Morgan fingerprint density at radius 3 is 2.52 bits per heavy atom. The first-order valence-electron chi connectivity index (χ1n) is 6.63. The van der Waals surface area contributed by atoms with Gasteiger partial charge in [0.05, 0.1) is 5.56 Å². The van der Waals surface area contributed by atoms with Crippen LogP contribution in [0.4, 0.5) is 5.69 Å². The summed E-state index contributed by atoms with van der Waals surface area (Å²) in [6, 6.07) is 16.4. The molecule has 0 spiro atoms. The van der Waals surface area contributed by atoms with E-state index in [9.17, 15) is 4.79 Å². The maximum atomic E-state index is 12.1. The van der Waals surface area contributed by atoms with Crippen LogP contribution in [0.3, 0.4) is 0 Å². The number of benzene rings is 2. The Bertz CT molecular complexity index is 672. The minimum atomic E-state index is -0.694. The van der Waals surface area contributed by atoms with Gasteiger partial charge >= 0.3 is 0 Å². The second-order valence-electron chi connectivity index (χ2n) is 4.72. The van der Waals surface area contributed by atoms with E-state index in [0.29, 0.717) is 11.3 Å². The third-order valence-electron chi connectivity index (χ3n) is 3.00. The number of hydrogen-bond acceptors (Lipinski definition) is 3. The van der Waals surface area contributed by atoms with Crippen molar-refractivity contribution in [1.29, 1.82) is 5.26 Å². The third kappa shape index (κ3) is 3.83. The summed E-state index contributed by atoms with van der Waals surface area (Å²) in [5, 5.41) is 11.8. The summed E-state index contributed by atoms with van der Waals surface area (Å²) >= 11 is 0. The molecule has 1 amide bonds. The van der Waals surface area contributed by atoms with Gasteiger partial charge < -0.3 is 10.1 Å². The van der Waals surface area contributed by atoms with Gasteiger partial charge in [-0.25, -0.2) is 0 Å². The fourth-order valence-corrected chi connectivity index (χ4v) is 1.79. The molecule has 0 radical (unpaired) electrons. The van der Waals surface area contributed by atoms with Crippen LogP contribution < -0.4 is 10.1 Å². The van der Waals surface area contributed by atoms with Crippen LogP contribution in [0.5, 0.6) is 5.75 Å². The van der Waals surface area contributed by atoms with Crippen molar-refractivity contribution in [2.24, 2.45) is 0 Å². The molecule has 0 bridgehead atoms. The standard InChI is InChI=1S/C17H16N2O2/c1-12-7-9-15(10-8-12)19-17(20)13(2)21-16-6-4-3-5-14(16)11-18/h3-10,13H,1-2H3,(H,19,20). The summed E-state index contributed by atoms with van der Waals surface area (Å²) < 4.78 is 5.56. The number of para-hydroxylation sites is 1. The number of aryl methyl sites for hydroxylation is 1. The zero-order valence-electron chi connectivity index (χ0n) is 12.0. The third-order valence-corrected chi connectivity index (χ3v) is 3.00. The molecule has 2 rings (SSSR count). The Hall–Kier alpha value is -2.80. The lowest BCUT2D eigenvalue weighted by atomic mass is 10.2. The van der Waals surface area contributed by atoms with E-state index >= 15 is 0 Å². The van der Waals surface area contributed by atoms with Crippen LogP contribution in [0.15, 0.2) is 48.5 Å². The molecule has 0 saturated heterocycles. The topological polar surface area (TPSA) is 62.1 Å². The quantitative estimate of drug-likeness (QED) is 0.935. The van der Waals surface area contributed by atoms with E-state index in [1.54, 1.807) is 31.2 Å². The van der Waals surface area contributed by atoms with Gasteiger partial charge in [0.25, 0.3) is 5.91 Å². The number of nitriles is 1. The molecule has 4 heteroatoms. The highest BCUT2D eigenvalue weighted by atomic mass is 16.5. The smallest absolute Gasteiger partial charge is 0.265 e. The molecule has 106 valence electrons. The van der Waals surface area contributed by atoms with Crippen molar-refractivity contribution in [3.05, 3.63) is 59.7 Å². The number of nitrogens with zero attached hydrogens (tertiary/aromatic N) is 1. The van der Waals surface area contributed by atoms with Crippen molar-refractivity contribution in [2.75, 3.05) is 5.32 Å². The number of carbonyl (C=O) groups is 1. The molecule has 0 aliphatic heterocycles. The van der Waals surface area contributed by atoms with Crippen molar-refractivity contribution in [2.45, 2.75) is 20.0 Å². The van der Waals surface area contributed by atoms with Gasteiger partial charge in [-0.3, -0.25) is 4.79 Å². The van der Waals surface area contributed by atoms with Crippen LogP contribution in [0.25, 0.3) is 0 Å². The lowest BCUT2D eigenvalue weighted by molar-refractivity contribution is -0.122. The van der Waals surface area contributed by atoms with Crippen molar-refractivity contribution in [3.8, 4) is 11.8 Å². The maximum absolute atomic E-state index is 12.1. The van der Waals surface area contributed by atoms with E-state index in [4.69, 9.17) is 10.00 Å². The van der Waals surface area contributed by atoms with E-state index < -0.39 is 6.10 Å². The van der Waals surface area contributed by atoms with Crippen LogP contribution in [0.2, 0.25) is 0 Å². The SMILES string of the molecule is Cc1ccc(NC(=O)C(C)Oc2ccccc2C#N)cc1. The molecule has 1 atom stereocenters. The van der Waals surface area contributed by atoms with E-state index in [2.05, 4.69) is 5.32 Å². The molecule has 4 nitrogen and oxygen atoms in total. The van der Waals surface area contributed by atoms with Crippen LogP contribution in [0, 0.1) is 18.3 Å². The Labute approximate surface area is 124 Å². The summed E-state index contributed by atoms with van der Waals surface area (Å²) in [5.74, 6) is 0.151. The molecule has 1 N–H and O–H groups in total.